The summed E-state index contributed by atoms with van der Waals surface area (Å²) in [5, 5.41) is 6.94. The van der Waals surface area contributed by atoms with Gasteiger partial charge in [0.05, 0.1) is 18.6 Å². The first-order valence-electron chi connectivity index (χ1n) is 5.21. The van der Waals surface area contributed by atoms with Crippen molar-refractivity contribution in [2.75, 3.05) is 13.7 Å². The van der Waals surface area contributed by atoms with Crippen LogP contribution in [0, 0.1) is 0 Å². The van der Waals surface area contributed by atoms with Crippen molar-refractivity contribution in [3.63, 3.8) is 0 Å². The second-order valence-electron chi connectivity index (χ2n) is 3.64. The highest BCUT2D eigenvalue weighted by Crippen LogP contribution is 2.15. The SMILES string of the molecule is COC(CN)CC(=O)NC(C)c1ccsc1. The summed E-state index contributed by atoms with van der Waals surface area (Å²) in [6.45, 7) is 2.32. The van der Waals surface area contributed by atoms with Gasteiger partial charge in [-0.3, -0.25) is 4.79 Å². The monoisotopic (exact) mass is 242 g/mol. The Hall–Kier alpha value is -0.910. The van der Waals surface area contributed by atoms with E-state index in [4.69, 9.17) is 10.5 Å². The number of hydrogen-bond donors (Lipinski definition) is 2. The maximum absolute atomic E-state index is 11.6. The average Bonchev–Trinajstić information content (AvgIpc) is 2.79. The molecule has 0 spiro atoms. The standard InChI is InChI=1S/C11H18N2O2S/c1-8(9-3-4-16-7-9)13-11(14)5-10(6-12)15-2/h3-4,7-8,10H,5-6,12H2,1-2H3,(H,13,14). The second kappa shape index (κ2) is 6.62. The molecule has 0 radical (unpaired) electrons. The lowest BCUT2D eigenvalue weighted by molar-refractivity contribution is -0.124. The van der Waals surface area contributed by atoms with Crippen LogP contribution in [-0.4, -0.2) is 25.7 Å². The predicted octanol–water partition coefficient (Wildman–Crippen LogP) is 1.29. The lowest BCUT2D eigenvalue weighted by Crippen LogP contribution is -2.33. The van der Waals surface area contributed by atoms with E-state index < -0.39 is 0 Å². The Morgan fingerprint density at radius 3 is 2.94 bits per heavy atom. The molecule has 1 aromatic rings. The highest BCUT2D eigenvalue weighted by molar-refractivity contribution is 7.07. The molecule has 0 aliphatic heterocycles. The Kier molecular flexibility index (Phi) is 5.45. The summed E-state index contributed by atoms with van der Waals surface area (Å²) >= 11 is 1.62. The van der Waals surface area contributed by atoms with Gasteiger partial charge in [-0.15, -0.1) is 0 Å². The normalized spacial score (nSPS) is 14.4. The fourth-order valence-electron chi connectivity index (χ4n) is 1.37. The van der Waals surface area contributed by atoms with Crippen LogP contribution in [0.25, 0.3) is 0 Å². The first-order chi connectivity index (χ1) is 7.67. The van der Waals surface area contributed by atoms with Crippen molar-refractivity contribution >= 4 is 17.2 Å². The number of rotatable bonds is 6. The quantitative estimate of drug-likeness (QED) is 0.790. The third-order valence-electron chi connectivity index (χ3n) is 2.43. The van der Waals surface area contributed by atoms with Crippen LogP contribution in [0.4, 0.5) is 0 Å². The Bertz CT molecular complexity index is 310. The van der Waals surface area contributed by atoms with E-state index in [0.717, 1.165) is 5.56 Å². The zero-order valence-corrected chi connectivity index (χ0v) is 10.4. The number of hydrogen-bond acceptors (Lipinski definition) is 4. The van der Waals surface area contributed by atoms with E-state index in [1.165, 1.54) is 0 Å². The highest BCUT2D eigenvalue weighted by Gasteiger charge is 2.14. The third kappa shape index (κ3) is 3.92. The van der Waals surface area contributed by atoms with Crippen LogP contribution in [0.3, 0.4) is 0 Å². The van der Waals surface area contributed by atoms with E-state index in [1.54, 1.807) is 18.4 Å². The molecule has 0 fully saturated rings. The number of methoxy groups -OCH3 is 1. The van der Waals surface area contributed by atoms with E-state index in [2.05, 4.69) is 5.32 Å². The largest absolute Gasteiger partial charge is 0.380 e. The predicted molar refractivity (Wildman–Crippen MR) is 65.3 cm³/mol. The summed E-state index contributed by atoms with van der Waals surface area (Å²) in [5.41, 5.74) is 6.58. The van der Waals surface area contributed by atoms with Gasteiger partial charge in [-0.25, -0.2) is 0 Å². The van der Waals surface area contributed by atoms with Gasteiger partial charge >= 0.3 is 0 Å². The van der Waals surface area contributed by atoms with Crippen LogP contribution < -0.4 is 11.1 Å². The van der Waals surface area contributed by atoms with Crippen molar-refractivity contribution in [2.24, 2.45) is 5.73 Å². The summed E-state index contributed by atoms with van der Waals surface area (Å²) in [6.07, 6.45) is 0.108. The lowest BCUT2D eigenvalue weighted by Gasteiger charge is -2.16. The molecule has 0 bridgehead atoms. The first-order valence-corrected chi connectivity index (χ1v) is 6.16. The minimum atomic E-state index is -0.199. The zero-order chi connectivity index (χ0) is 12.0. The number of amides is 1. The fourth-order valence-corrected chi connectivity index (χ4v) is 2.13. The number of nitrogens with two attached hydrogens (primary N) is 1. The van der Waals surface area contributed by atoms with Crippen LogP contribution in [-0.2, 0) is 9.53 Å². The summed E-state index contributed by atoms with van der Waals surface area (Å²) in [6, 6.07) is 2.04. The molecule has 4 nitrogen and oxygen atoms in total. The molecule has 2 atom stereocenters. The lowest BCUT2D eigenvalue weighted by atomic mass is 10.1. The number of nitrogens with one attached hydrogen (secondary N) is 1. The molecule has 0 aliphatic rings. The van der Waals surface area contributed by atoms with E-state index in [9.17, 15) is 4.79 Å². The van der Waals surface area contributed by atoms with Crippen LogP contribution in [0.1, 0.15) is 24.9 Å². The molecule has 3 N–H and O–H groups in total. The molecular weight excluding hydrogens is 224 g/mol. The van der Waals surface area contributed by atoms with Crippen molar-refractivity contribution < 1.29 is 9.53 Å². The molecule has 1 aromatic heterocycles. The molecule has 5 heteroatoms. The van der Waals surface area contributed by atoms with E-state index in [1.807, 2.05) is 23.8 Å². The van der Waals surface area contributed by atoms with Crippen LogP contribution in [0.15, 0.2) is 16.8 Å². The van der Waals surface area contributed by atoms with Gasteiger partial charge < -0.3 is 15.8 Å². The van der Waals surface area contributed by atoms with Crippen molar-refractivity contribution in [2.45, 2.75) is 25.5 Å². The van der Waals surface area contributed by atoms with Crippen molar-refractivity contribution in [1.29, 1.82) is 0 Å². The molecule has 1 rings (SSSR count). The summed E-state index contributed by atoms with van der Waals surface area (Å²) in [5.74, 6) is -0.0315. The molecular formula is C11H18N2O2S. The molecule has 1 amide bonds. The van der Waals surface area contributed by atoms with Crippen molar-refractivity contribution in [1.82, 2.24) is 5.32 Å². The molecule has 0 aromatic carbocycles. The Balaban J connectivity index is 2.39. The van der Waals surface area contributed by atoms with Gasteiger partial charge in [-0.05, 0) is 29.3 Å². The smallest absolute Gasteiger partial charge is 0.223 e. The van der Waals surface area contributed by atoms with Gasteiger partial charge in [-0.2, -0.15) is 11.3 Å². The number of thiophene rings is 1. The van der Waals surface area contributed by atoms with Crippen LogP contribution in [0.5, 0.6) is 0 Å². The second-order valence-corrected chi connectivity index (χ2v) is 4.42. The van der Waals surface area contributed by atoms with Gasteiger partial charge in [0.2, 0.25) is 5.91 Å². The van der Waals surface area contributed by atoms with Gasteiger partial charge in [0, 0.05) is 13.7 Å². The number of carbonyl (C=O) groups is 1. The minimum Gasteiger partial charge on any atom is -0.380 e. The summed E-state index contributed by atoms with van der Waals surface area (Å²) in [7, 11) is 1.56. The maximum Gasteiger partial charge on any atom is 0.223 e. The number of carbonyl (C=O) groups excluding carboxylic acids is 1. The van der Waals surface area contributed by atoms with Crippen molar-refractivity contribution in [3.05, 3.63) is 22.4 Å². The Morgan fingerprint density at radius 2 is 2.44 bits per heavy atom. The Labute approximate surface area is 99.8 Å². The molecule has 2 unspecified atom stereocenters. The third-order valence-corrected chi connectivity index (χ3v) is 3.13. The van der Waals surface area contributed by atoms with Gasteiger partial charge in [0.1, 0.15) is 0 Å². The molecule has 90 valence electrons. The number of ether oxygens (including phenoxy) is 1. The van der Waals surface area contributed by atoms with Gasteiger partial charge in [-0.1, -0.05) is 0 Å². The topological polar surface area (TPSA) is 64.3 Å². The van der Waals surface area contributed by atoms with Gasteiger partial charge in [0.25, 0.3) is 0 Å². The van der Waals surface area contributed by atoms with Crippen molar-refractivity contribution in [3.8, 4) is 0 Å². The van der Waals surface area contributed by atoms with Crippen LogP contribution >= 0.6 is 11.3 Å². The van der Waals surface area contributed by atoms with E-state index in [0.29, 0.717) is 13.0 Å². The highest BCUT2D eigenvalue weighted by atomic mass is 32.1. The molecule has 1 heterocycles. The van der Waals surface area contributed by atoms with Crippen LogP contribution in [0.2, 0.25) is 0 Å². The molecule has 16 heavy (non-hydrogen) atoms. The fraction of sp³-hybridized carbons (Fsp3) is 0.545. The molecule has 0 saturated heterocycles. The van der Waals surface area contributed by atoms with E-state index in [-0.39, 0.29) is 18.1 Å². The first kappa shape index (κ1) is 13.2. The average molecular weight is 242 g/mol. The van der Waals surface area contributed by atoms with E-state index >= 15 is 0 Å². The summed E-state index contributed by atoms with van der Waals surface area (Å²) < 4.78 is 5.06. The minimum absolute atomic E-state index is 0.0315. The Morgan fingerprint density at radius 1 is 1.69 bits per heavy atom. The molecule has 0 saturated carbocycles. The van der Waals surface area contributed by atoms with Gasteiger partial charge in [0.15, 0.2) is 0 Å². The summed E-state index contributed by atoms with van der Waals surface area (Å²) in [4.78, 5) is 11.6. The zero-order valence-electron chi connectivity index (χ0n) is 9.60. The molecule has 0 aliphatic carbocycles. The maximum atomic E-state index is 11.6.